The molecule has 1 heterocycles. The van der Waals surface area contributed by atoms with Gasteiger partial charge < -0.3 is 5.11 Å². The lowest BCUT2D eigenvalue weighted by molar-refractivity contribution is 0.0207. The van der Waals surface area contributed by atoms with Gasteiger partial charge in [0, 0.05) is 6.20 Å². The van der Waals surface area contributed by atoms with Crippen LogP contribution in [0.25, 0.3) is 0 Å². The Kier molecular flexibility index (Phi) is 4.77. The fourth-order valence-corrected chi connectivity index (χ4v) is 3.26. The molecule has 20 heavy (non-hydrogen) atoms. The van der Waals surface area contributed by atoms with Gasteiger partial charge in [0.2, 0.25) is 0 Å². The molecule has 1 aromatic heterocycles. The predicted octanol–water partition coefficient (Wildman–Crippen LogP) is 3.92. The quantitative estimate of drug-likeness (QED) is 0.903. The number of pyridine rings is 1. The number of aryl methyl sites for hydroxylation is 1. The number of nitrogens with zero attached hydrogens (tertiary/aromatic N) is 2. The third kappa shape index (κ3) is 3.02. The molecule has 0 radical (unpaired) electrons. The summed E-state index contributed by atoms with van der Waals surface area (Å²) < 4.78 is 0. The van der Waals surface area contributed by atoms with Crippen LogP contribution >= 0.6 is 0 Å². The number of hydrogen-bond donors (Lipinski definition) is 1. The van der Waals surface area contributed by atoms with Crippen LogP contribution in [0, 0.1) is 29.6 Å². The number of hydrogen-bond acceptors (Lipinski definition) is 3. The maximum absolute atomic E-state index is 10.6. The maximum atomic E-state index is 10.6. The SMILES string of the molecule is CCCC1CCC(C#N)(C(O)c2ccc(C)cn2)CC1. The monoisotopic (exact) mass is 272 g/mol. The Morgan fingerprint density at radius 3 is 2.65 bits per heavy atom. The minimum absolute atomic E-state index is 0.631. The number of nitriles is 1. The Hall–Kier alpha value is -1.40. The van der Waals surface area contributed by atoms with Gasteiger partial charge in [-0.2, -0.15) is 5.26 Å². The van der Waals surface area contributed by atoms with Crippen molar-refractivity contribution in [2.45, 2.75) is 58.5 Å². The van der Waals surface area contributed by atoms with Gasteiger partial charge in [0.1, 0.15) is 6.10 Å². The lowest BCUT2D eigenvalue weighted by Crippen LogP contribution is -2.33. The Morgan fingerprint density at radius 1 is 1.45 bits per heavy atom. The summed E-state index contributed by atoms with van der Waals surface area (Å²) in [6, 6.07) is 6.19. The molecule has 1 aliphatic carbocycles. The second kappa shape index (κ2) is 6.37. The van der Waals surface area contributed by atoms with E-state index in [4.69, 9.17) is 0 Å². The highest BCUT2D eigenvalue weighted by atomic mass is 16.3. The highest BCUT2D eigenvalue weighted by Crippen LogP contribution is 2.47. The zero-order valence-electron chi connectivity index (χ0n) is 12.5. The van der Waals surface area contributed by atoms with Gasteiger partial charge in [-0.05, 0) is 50.2 Å². The normalized spacial score (nSPS) is 27.8. The summed E-state index contributed by atoms with van der Waals surface area (Å²) >= 11 is 0. The minimum atomic E-state index is -0.768. The Labute approximate surface area is 121 Å². The molecular formula is C17H24N2O. The lowest BCUT2D eigenvalue weighted by atomic mass is 9.66. The summed E-state index contributed by atoms with van der Waals surface area (Å²) in [5, 5.41) is 20.2. The van der Waals surface area contributed by atoms with Crippen molar-refractivity contribution in [1.29, 1.82) is 5.26 Å². The third-order valence-corrected chi connectivity index (χ3v) is 4.65. The molecule has 1 N–H and O–H groups in total. The Bertz CT molecular complexity index is 467. The lowest BCUT2D eigenvalue weighted by Gasteiger charge is -2.38. The average Bonchev–Trinajstić information content (AvgIpc) is 2.49. The van der Waals surface area contributed by atoms with Gasteiger partial charge in [0.25, 0.3) is 0 Å². The summed E-state index contributed by atoms with van der Waals surface area (Å²) in [5.74, 6) is 0.722. The van der Waals surface area contributed by atoms with E-state index in [1.54, 1.807) is 6.20 Å². The first-order valence-electron chi connectivity index (χ1n) is 7.63. The summed E-state index contributed by atoms with van der Waals surface area (Å²) in [5.41, 5.74) is 1.05. The van der Waals surface area contributed by atoms with E-state index in [0.29, 0.717) is 5.69 Å². The van der Waals surface area contributed by atoms with Crippen molar-refractivity contribution in [3.8, 4) is 6.07 Å². The first-order valence-corrected chi connectivity index (χ1v) is 7.63. The van der Waals surface area contributed by atoms with Gasteiger partial charge in [0.05, 0.1) is 17.2 Å². The molecule has 0 aliphatic heterocycles. The summed E-state index contributed by atoms with van der Waals surface area (Å²) in [6.45, 7) is 4.18. The fourth-order valence-electron chi connectivity index (χ4n) is 3.26. The van der Waals surface area contributed by atoms with Crippen LogP contribution in [0.2, 0.25) is 0 Å². The van der Waals surface area contributed by atoms with Gasteiger partial charge in [0.15, 0.2) is 0 Å². The van der Waals surface area contributed by atoms with Crippen LogP contribution in [0.15, 0.2) is 18.3 Å². The van der Waals surface area contributed by atoms with Crippen LogP contribution in [0.3, 0.4) is 0 Å². The molecule has 0 amide bonds. The number of rotatable bonds is 4. The van der Waals surface area contributed by atoms with Gasteiger partial charge in [-0.15, -0.1) is 0 Å². The molecule has 1 atom stereocenters. The molecule has 108 valence electrons. The van der Waals surface area contributed by atoms with Gasteiger partial charge in [-0.3, -0.25) is 4.98 Å². The van der Waals surface area contributed by atoms with Gasteiger partial charge in [-0.25, -0.2) is 0 Å². The van der Waals surface area contributed by atoms with Crippen molar-refractivity contribution in [2.24, 2.45) is 11.3 Å². The highest BCUT2D eigenvalue weighted by Gasteiger charge is 2.42. The van der Waals surface area contributed by atoms with E-state index in [9.17, 15) is 10.4 Å². The summed E-state index contributed by atoms with van der Waals surface area (Å²) in [4.78, 5) is 4.30. The van der Waals surface area contributed by atoms with Crippen molar-refractivity contribution in [2.75, 3.05) is 0 Å². The minimum Gasteiger partial charge on any atom is -0.385 e. The standard InChI is InChI=1S/C17H24N2O/c1-3-4-14-7-9-17(12-18,10-8-14)16(20)15-6-5-13(2)11-19-15/h5-6,11,14,16,20H,3-4,7-10H2,1-2H3. The van der Waals surface area contributed by atoms with Gasteiger partial charge >= 0.3 is 0 Å². The second-order valence-electron chi connectivity index (χ2n) is 6.16. The maximum Gasteiger partial charge on any atom is 0.114 e. The molecule has 0 saturated heterocycles. The van der Waals surface area contributed by atoms with Crippen LogP contribution < -0.4 is 0 Å². The zero-order valence-corrected chi connectivity index (χ0v) is 12.5. The van der Waals surface area contributed by atoms with E-state index in [1.165, 1.54) is 12.8 Å². The molecule has 0 bridgehead atoms. The van der Waals surface area contributed by atoms with Crippen LogP contribution in [-0.4, -0.2) is 10.1 Å². The Balaban J connectivity index is 2.12. The topological polar surface area (TPSA) is 56.9 Å². The third-order valence-electron chi connectivity index (χ3n) is 4.65. The number of aliphatic hydroxyl groups excluding tert-OH is 1. The second-order valence-corrected chi connectivity index (χ2v) is 6.16. The van der Waals surface area contributed by atoms with E-state index in [-0.39, 0.29) is 0 Å². The van der Waals surface area contributed by atoms with Gasteiger partial charge in [-0.1, -0.05) is 25.8 Å². The van der Waals surface area contributed by atoms with E-state index in [2.05, 4.69) is 18.0 Å². The zero-order chi connectivity index (χ0) is 14.6. The molecule has 1 aromatic rings. The average molecular weight is 272 g/mol. The largest absolute Gasteiger partial charge is 0.385 e. The molecule has 3 nitrogen and oxygen atoms in total. The number of aliphatic hydroxyl groups is 1. The molecule has 1 unspecified atom stereocenters. The molecule has 1 fully saturated rings. The molecule has 3 heteroatoms. The number of aromatic nitrogens is 1. The fraction of sp³-hybridized carbons (Fsp3) is 0.647. The molecule has 0 aromatic carbocycles. The Morgan fingerprint density at radius 2 is 2.15 bits per heavy atom. The van der Waals surface area contributed by atoms with Crippen LogP contribution in [0.1, 0.15) is 62.8 Å². The highest BCUT2D eigenvalue weighted by molar-refractivity contribution is 5.19. The summed E-state index contributed by atoms with van der Waals surface area (Å²) in [6.07, 6.45) is 7.08. The molecule has 1 aliphatic rings. The first-order chi connectivity index (χ1) is 9.61. The van der Waals surface area contributed by atoms with E-state index in [0.717, 1.165) is 37.2 Å². The molecule has 1 saturated carbocycles. The first kappa shape index (κ1) is 15.0. The van der Waals surface area contributed by atoms with Crippen LogP contribution in [0.5, 0.6) is 0 Å². The van der Waals surface area contributed by atoms with Crippen molar-refractivity contribution >= 4 is 0 Å². The molecule has 0 spiro atoms. The van der Waals surface area contributed by atoms with E-state index >= 15 is 0 Å². The van der Waals surface area contributed by atoms with Crippen molar-refractivity contribution in [1.82, 2.24) is 4.98 Å². The molecular weight excluding hydrogens is 248 g/mol. The van der Waals surface area contributed by atoms with Crippen LogP contribution in [-0.2, 0) is 0 Å². The van der Waals surface area contributed by atoms with E-state index < -0.39 is 11.5 Å². The summed E-state index contributed by atoms with van der Waals surface area (Å²) in [7, 11) is 0. The van der Waals surface area contributed by atoms with E-state index in [1.807, 2.05) is 19.1 Å². The van der Waals surface area contributed by atoms with Crippen molar-refractivity contribution in [3.63, 3.8) is 0 Å². The smallest absolute Gasteiger partial charge is 0.114 e. The molecule has 2 rings (SSSR count). The van der Waals surface area contributed by atoms with Crippen molar-refractivity contribution < 1.29 is 5.11 Å². The van der Waals surface area contributed by atoms with Crippen molar-refractivity contribution in [3.05, 3.63) is 29.6 Å². The van der Waals surface area contributed by atoms with Crippen LogP contribution in [0.4, 0.5) is 0 Å². The predicted molar refractivity (Wildman–Crippen MR) is 78.8 cm³/mol.